The Morgan fingerprint density at radius 1 is 1.30 bits per heavy atom. The Balaban J connectivity index is 2.12. The van der Waals surface area contributed by atoms with E-state index in [0.717, 1.165) is 38.2 Å². The maximum absolute atomic E-state index is 13.8. The zero-order chi connectivity index (χ0) is 14.4. The van der Waals surface area contributed by atoms with Gasteiger partial charge in [-0.3, -0.25) is 4.90 Å². The van der Waals surface area contributed by atoms with Crippen LogP contribution in [0, 0.1) is 5.82 Å². The van der Waals surface area contributed by atoms with Crippen LogP contribution in [0.3, 0.4) is 0 Å². The second-order valence-corrected chi connectivity index (χ2v) is 6.33. The molecule has 2 rings (SSSR count). The summed E-state index contributed by atoms with van der Waals surface area (Å²) < 4.78 is 14.4. The summed E-state index contributed by atoms with van der Waals surface area (Å²) in [6.45, 7) is 6.38. The third-order valence-electron chi connectivity index (χ3n) is 4.00. The van der Waals surface area contributed by atoms with E-state index in [0.29, 0.717) is 10.5 Å². The molecule has 1 aliphatic rings. The summed E-state index contributed by atoms with van der Waals surface area (Å²) in [5.74, 6) is -0.155. The molecule has 0 aromatic heterocycles. The summed E-state index contributed by atoms with van der Waals surface area (Å²) in [6.07, 6.45) is 4.81. The Kier molecular flexibility index (Phi) is 6.46. The lowest BCUT2D eigenvalue weighted by atomic mass is 9.98. The number of benzene rings is 1. The summed E-state index contributed by atoms with van der Waals surface area (Å²) in [5, 5.41) is 3.39. The molecule has 1 aliphatic heterocycles. The number of nitrogens with one attached hydrogen (secondary N) is 1. The van der Waals surface area contributed by atoms with Crippen molar-refractivity contribution in [3.05, 3.63) is 34.1 Å². The predicted molar refractivity (Wildman–Crippen MR) is 85.4 cm³/mol. The normalized spacial score (nSPS) is 18.1. The fourth-order valence-corrected chi connectivity index (χ4v) is 3.11. The fraction of sp³-hybridized carbons (Fsp3) is 0.625. The van der Waals surface area contributed by atoms with Crippen LogP contribution in [0.5, 0.6) is 0 Å². The van der Waals surface area contributed by atoms with Gasteiger partial charge in [0, 0.05) is 32.2 Å². The molecule has 2 nitrogen and oxygen atoms in total. The zero-order valence-electron chi connectivity index (χ0n) is 12.2. The molecule has 1 atom stereocenters. The van der Waals surface area contributed by atoms with Crippen LogP contribution in [0.4, 0.5) is 4.39 Å². The van der Waals surface area contributed by atoms with Crippen molar-refractivity contribution < 1.29 is 4.39 Å². The van der Waals surface area contributed by atoms with Crippen molar-refractivity contribution in [2.75, 3.05) is 26.2 Å². The Hall–Kier alpha value is -0.450. The van der Waals surface area contributed by atoms with Gasteiger partial charge in [0.25, 0.3) is 0 Å². The minimum atomic E-state index is -0.155. The van der Waals surface area contributed by atoms with E-state index in [9.17, 15) is 4.39 Å². The Bertz CT molecular complexity index is 419. The van der Waals surface area contributed by atoms with Gasteiger partial charge in [0.05, 0.1) is 4.47 Å². The summed E-state index contributed by atoms with van der Waals surface area (Å²) in [7, 11) is 0. The molecule has 1 fully saturated rings. The summed E-state index contributed by atoms with van der Waals surface area (Å²) in [4.78, 5) is 2.49. The van der Waals surface area contributed by atoms with Gasteiger partial charge in [-0.05, 0) is 40.0 Å². The van der Waals surface area contributed by atoms with E-state index in [1.807, 2.05) is 6.07 Å². The molecule has 4 heteroatoms. The van der Waals surface area contributed by atoms with E-state index < -0.39 is 0 Å². The van der Waals surface area contributed by atoms with Crippen molar-refractivity contribution >= 4 is 15.9 Å². The van der Waals surface area contributed by atoms with Gasteiger partial charge in [0.2, 0.25) is 0 Å². The molecule has 0 saturated carbocycles. The summed E-state index contributed by atoms with van der Waals surface area (Å²) >= 11 is 3.24. The highest BCUT2D eigenvalue weighted by atomic mass is 79.9. The number of nitrogens with zero attached hydrogens (tertiary/aromatic N) is 1. The first-order valence-corrected chi connectivity index (χ1v) is 8.41. The number of hydrogen-bond donors (Lipinski definition) is 1. The maximum atomic E-state index is 13.8. The van der Waals surface area contributed by atoms with Gasteiger partial charge < -0.3 is 5.32 Å². The molecule has 0 radical (unpaired) electrons. The first kappa shape index (κ1) is 15.9. The van der Waals surface area contributed by atoms with Crippen molar-refractivity contribution in [2.45, 2.75) is 38.6 Å². The van der Waals surface area contributed by atoms with Gasteiger partial charge in [-0.2, -0.15) is 0 Å². The molecule has 0 spiro atoms. The molecule has 1 aromatic carbocycles. The molecule has 1 heterocycles. The largest absolute Gasteiger partial charge is 0.314 e. The van der Waals surface area contributed by atoms with Crippen molar-refractivity contribution in [3.8, 4) is 0 Å². The van der Waals surface area contributed by atoms with Gasteiger partial charge in [-0.15, -0.1) is 0 Å². The van der Waals surface area contributed by atoms with E-state index in [2.05, 4.69) is 39.1 Å². The highest BCUT2D eigenvalue weighted by Gasteiger charge is 2.22. The standard InChI is InChI=1S/C16H24BrFN2/c1-2-3-4-5-16(20-10-8-19-9-11-20)13-6-7-14(17)15(18)12-13/h6-7,12,16,19H,2-5,8-11H2,1H3/t16-/m0/s1. The van der Waals surface area contributed by atoms with Crippen molar-refractivity contribution in [1.82, 2.24) is 10.2 Å². The monoisotopic (exact) mass is 342 g/mol. The van der Waals surface area contributed by atoms with Crippen LogP contribution in [0.25, 0.3) is 0 Å². The lowest BCUT2D eigenvalue weighted by molar-refractivity contribution is 0.162. The highest BCUT2D eigenvalue weighted by molar-refractivity contribution is 9.10. The van der Waals surface area contributed by atoms with E-state index in [1.165, 1.54) is 19.3 Å². The molecule has 1 aromatic rings. The molecular formula is C16H24BrFN2. The van der Waals surface area contributed by atoms with Crippen LogP contribution >= 0.6 is 15.9 Å². The van der Waals surface area contributed by atoms with Crippen LogP contribution in [0.1, 0.15) is 44.2 Å². The smallest absolute Gasteiger partial charge is 0.137 e. The van der Waals surface area contributed by atoms with E-state index >= 15 is 0 Å². The van der Waals surface area contributed by atoms with Crippen LogP contribution < -0.4 is 5.32 Å². The number of halogens is 2. The third kappa shape index (κ3) is 4.27. The molecule has 0 aliphatic carbocycles. The summed E-state index contributed by atoms with van der Waals surface area (Å²) in [5.41, 5.74) is 1.11. The van der Waals surface area contributed by atoms with Crippen LogP contribution in [0.15, 0.2) is 22.7 Å². The molecule has 1 N–H and O–H groups in total. The number of hydrogen-bond acceptors (Lipinski definition) is 2. The third-order valence-corrected chi connectivity index (χ3v) is 4.65. The number of rotatable bonds is 6. The maximum Gasteiger partial charge on any atom is 0.137 e. The lowest BCUT2D eigenvalue weighted by Gasteiger charge is -2.35. The highest BCUT2D eigenvalue weighted by Crippen LogP contribution is 2.29. The van der Waals surface area contributed by atoms with E-state index in [4.69, 9.17) is 0 Å². The average Bonchev–Trinajstić information content (AvgIpc) is 2.48. The molecule has 1 saturated heterocycles. The Morgan fingerprint density at radius 2 is 2.05 bits per heavy atom. The van der Waals surface area contributed by atoms with Crippen LogP contribution in [-0.2, 0) is 0 Å². The second kappa shape index (κ2) is 8.11. The van der Waals surface area contributed by atoms with Gasteiger partial charge in [0.15, 0.2) is 0 Å². The van der Waals surface area contributed by atoms with Crippen LogP contribution in [-0.4, -0.2) is 31.1 Å². The minimum Gasteiger partial charge on any atom is -0.314 e. The van der Waals surface area contributed by atoms with Gasteiger partial charge >= 0.3 is 0 Å². The quantitative estimate of drug-likeness (QED) is 0.782. The lowest BCUT2D eigenvalue weighted by Crippen LogP contribution is -2.45. The zero-order valence-corrected chi connectivity index (χ0v) is 13.8. The molecule has 0 amide bonds. The average molecular weight is 343 g/mol. The molecule has 20 heavy (non-hydrogen) atoms. The summed E-state index contributed by atoms with van der Waals surface area (Å²) in [6, 6.07) is 5.94. The number of unbranched alkanes of at least 4 members (excludes halogenated alkanes) is 2. The SMILES string of the molecule is CCCCC[C@@H](c1ccc(Br)c(F)c1)N1CCNCC1. The predicted octanol–water partition coefficient (Wildman–Crippen LogP) is 4.11. The molecular weight excluding hydrogens is 319 g/mol. The second-order valence-electron chi connectivity index (χ2n) is 5.47. The first-order valence-electron chi connectivity index (χ1n) is 7.62. The molecule has 0 unspecified atom stereocenters. The van der Waals surface area contributed by atoms with Gasteiger partial charge in [-0.25, -0.2) is 4.39 Å². The number of piperazine rings is 1. The van der Waals surface area contributed by atoms with E-state index in [-0.39, 0.29) is 5.82 Å². The Labute approximate surface area is 129 Å². The molecule has 0 bridgehead atoms. The fourth-order valence-electron chi connectivity index (χ4n) is 2.86. The molecule has 112 valence electrons. The van der Waals surface area contributed by atoms with Crippen molar-refractivity contribution in [2.24, 2.45) is 0 Å². The first-order chi connectivity index (χ1) is 9.72. The minimum absolute atomic E-state index is 0.155. The van der Waals surface area contributed by atoms with Crippen LogP contribution in [0.2, 0.25) is 0 Å². The topological polar surface area (TPSA) is 15.3 Å². The van der Waals surface area contributed by atoms with Crippen molar-refractivity contribution in [3.63, 3.8) is 0 Å². The van der Waals surface area contributed by atoms with Crippen molar-refractivity contribution in [1.29, 1.82) is 0 Å². The Morgan fingerprint density at radius 3 is 2.70 bits per heavy atom. The van der Waals surface area contributed by atoms with Gasteiger partial charge in [-0.1, -0.05) is 32.3 Å². The van der Waals surface area contributed by atoms with E-state index in [1.54, 1.807) is 6.07 Å². The van der Waals surface area contributed by atoms with Gasteiger partial charge in [0.1, 0.15) is 5.82 Å².